The maximum absolute atomic E-state index is 13.4. The van der Waals surface area contributed by atoms with Crippen molar-refractivity contribution in [2.45, 2.75) is 115 Å². The maximum Gasteiger partial charge on any atom is 0.410 e. The van der Waals surface area contributed by atoms with Gasteiger partial charge >= 0.3 is 6.09 Å². The van der Waals surface area contributed by atoms with Gasteiger partial charge in [0, 0.05) is 65.1 Å². The van der Waals surface area contributed by atoms with Crippen molar-refractivity contribution >= 4 is 37.6 Å². The Bertz CT molecular complexity index is 1290. The molecule has 46 heavy (non-hydrogen) atoms. The lowest BCUT2D eigenvalue weighted by atomic mass is 10.0. The standard InChI is InChI=1S/C34H52N4O7Si/c1-34(2,3)45-33(42)36-17-13-27(14-18-36)44-26-11-15-35(16-12-26)25-7-8-28-24(21-25)22-37(31(28)40)29-9-10-30(39)38(32(29)41)23-43-19-20-46(4,5)6/h7-8,21,26-27,29H,9-20,22-23H2,1-6H3. The number of likely N-dealkylation sites (tertiary alicyclic amines) is 2. The van der Waals surface area contributed by atoms with Crippen molar-refractivity contribution in [2.24, 2.45) is 0 Å². The van der Waals surface area contributed by atoms with E-state index in [0.717, 1.165) is 56.1 Å². The summed E-state index contributed by atoms with van der Waals surface area (Å²) in [6.45, 7) is 16.2. The number of imide groups is 1. The van der Waals surface area contributed by atoms with Crippen molar-refractivity contribution in [3.63, 3.8) is 0 Å². The van der Waals surface area contributed by atoms with E-state index >= 15 is 0 Å². The smallest absolute Gasteiger partial charge is 0.410 e. The van der Waals surface area contributed by atoms with Crippen LogP contribution in [-0.2, 0) is 30.3 Å². The van der Waals surface area contributed by atoms with E-state index in [0.29, 0.717) is 38.2 Å². The van der Waals surface area contributed by atoms with Gasteiger partial charge in [0.25, 0.3) is 11.8 Å². The molecule has 0 spiro atoms. The number of nitrogens with zero attached hydrogens (tertiary/aromatic N) is 4. The number of carbonyl (C=O) groups is 4. The Morgan fingerprint density at radius 2 is 1.59 bits per heavy atom. The summed E-state index contributed by atoms with van der Waals surface area (Å²) in [6, 6.07) is 6.25. The van der Waals surface area contributed by atoms with Gasteiger partial charge in [0.05, 0.1) is 12.2 Å². The monoisotopic (exact) mass is 656 g/mol. The molecule has 0 saturated carbocycles. The molecular formula is C34H52N4O7Si. The fraction of sp³-hybridized carbons (Fsp3) is 0.706. The van der Waals surface area contributed by atoms with Gasteiger partial charge < -0.3 is 28.9 Å². The first-order valence-corrected chi connectivity index (χ1v) is 20.6. The van der Waals surface area contributed by atoms with Crippen LogP contribution in [0.3, 0.4) is 0 Å². The van der Waals surface area contributed by atoms with E-state index in [1.165, 1.54) is 4.90 Å². The number of carbonyl (C=O) groups excluding carboxylic acids is 4. The van der Waals surface area contributed by atoms with E-state index in [2.05, 4.69) is 30.6 Å². The van der Waals surface area contributed by atoms with E-state index in [9.17, 15) is 19.2 Å². The minimum atomic E-state index is -1.29. The lowest BCUT2D eigenvalue weighted by Crippen LogP contribution is -2.55. The van der Waals surface area contributed by atoms with Gasteiger partial charge in [-0.2, -0.15) is 0 Å². The van der Waals surface area contributed by atoms with E-state index < -0.39 is 19.7 Å². The number of piperidine rings is 3. The topological polar surface area (TPSA) is 109 Å². The van der Waals surface area contributed by atoms with Gasteiger partial charge in [0.15, 0.2) is 0 Å². The molecule has 0 N–H and O–H groups in total. The SMILES string of the molecule is CC(C)(C)OC(=O)N1CCC(OC2CCN(c3ccc4c(c3)CN(C3CCC(=O)N(COCC[Si](C)(C)C)C3=O)C4=O)CC2)CC1. The number of ether oxygens (including phenoxy) is 3. The van der Waals surface area contributed by atoms with Crippen molar-refractivity contribution < 1.29 is 33.4 Å². The first-order chi connectivity index (χ1) is 21.7. The summed E-state index contributed by atoms with van der Waals surface area (Å²) in [5, 5.41) is 0. The average molecular weight is 657 g/mol. The highest BCUT2D eigenvalue weighted by Gasteiger charge is 2.43. The third-order valence-corrected chi connectivity index (χ3v) is 11.0. The molecule has 12 heteroatoms. The maximum atomic E-state index is 13.4. The summed E-state index contributed by atoms with van der Waals surface area (Å²) in [5.41, 5.74) is 2.12. The van der Waals surface area contributed by atoms with Gasteiger partial charge in [-0.05, 0) is 82.7 Å². The highest BCUT2D eigenvalue weighted by Crippen LogP contribution is 2.33. The molecule has 3 fully saturated rings. The van der Waals surface area contributed by atoms with Crippen molar-refractivity contribution in [1.29, 1.82) is 0 Å². The zero-order valence-electron chi connectivity index (χ0n) is 28.5. The fourth-order valence-corrected chi connectivity index (χ4v) is 7.34. The van der Waals surface area contributed by atoms with E-state index in [-0.39, 0.29) is 49.2 Å². The summed E-state index contributed by atoms with van der Waals surface area (Å²) < 4.78 is 17.7. The van der Waals surface area contributed by atoms with Crippen molar-refractivity contribution in [3.8, 4) is 0 Å². The van der Waals surface area contributed by atoms with Crippen LogP contribution in [0.15, 0.2) is 18.2 Å². The van der Waals surface area contributed by atoms with Gasteiger partial charge in [-0.3, -0.25) is 19.3 Å². The summed E-state index contributed by atoms with van der Waals surface area (Å²) in [7, 11) is -1.29. The Morgan fingerprint density at radius 1 is 0.935 bits per heavy atom. The molecular weight excluding hydrogens is 604 g/mol. The normalized spacial score (nSPS) is 22.1. The number of hydrogen-bond donors (Lipinski definition) is 0. The average Bonchev–Trinajstić information content (AvgIpc) is 3.31. The number of benzene rings is 1. The first-order valence-electron chi connectivity index (χ1n) is 16.9. The molecule has 11 nitrogen and oxygen atoms in total. The van der Waals surface area contributed by atoms with Crippen LogP contribution in [0.2, 0.25) is 25.7 Å². The van der Waals surface area contributed by atoms with Crippen molar-refractivity contribution in [3.05, 3.63) is 29.3 Å². The van der Waals surface area contributed by atoms with Gasteiger partial charge in [-0.25, -0.2) is 4.79 Å². The Kier molecular flexibility index (Phi) is 10.5. The number of fused-ring (bicyclic) bond motifs is 1. The molecule has 3 saturated heterocycles. The third kappa shape index (κ3) is 8.49. The van der Waals surface area contributed by atoms with Crippen LogP contribution >= 0.6 is 0 Å². The van der Waals surface area contributed by atoms with Crippen LogP contribution in [0, 0.1) is 0 Å². The molecule has 0 aromatic heterocycles. The molecule has 4 aliphatic heterocycles. The minimum absolute atomic E-state index is 0.0529. The molecule has 1 aromatic rings. The molecule has 254 valence electrons. The zero-order valence-corrected chi connectivity index (χ0v) is 29.5. The Balaban J connectivity index is 1.10. The second kappa shape index (κ2) is 14.0. The van der Waals surface area contributed by atoms with Crippen LogP contribution in [0.1, 0.15) is 75.2 Å². The van der Waals surface area contributed by atoms with Crippen LogP contribution in [0.4, 0.5) is 10.5 Å². The second-order valence-electron chi connectivity index (χ2n) is 15.3. The molecule has 1 unspecified atom stereocenters. The molecule has 0 aliphatic carbocycles. The summed E-state index contributed by atoms with van der Waals surface area (Å²) in [6.07, 6.45) is 4.09. The van der Waals surface area contributed by atoms with Gasteiger partial charge in [0.2, 0.25) is 5.91 Å². The number of hydrogen-bond acceptors (Lipinski definition) is 8. The van der Waals surface area contributed by atoms with E-state index in [4.69, 9.17) is 14.2 Å². The Labute approximate surface area is 274 Å². The predicted molar refractivity (Wildman–Crippen MR) is 177 cm³/mol. The van der Waals surface area contributed by atoms with E-state index in [1.807, 2.05) is 32.9 Å². The largest absolute Gasteiger partial charge is 0.444 e. The highest BCUT2D eigenvalue weighted by atomic mass is 28.3. The van der Waals surface area contributed by atoms with Crippen LogP contribution in [0.5, 0.6) is 0 Å². The first kappa shape index (κ1) is 34.4. The van der Waals surface area contributed by atoms with Crippen molar-refractivity contribution in [1.82, 2.24) is 14.7 Å². The van der Waals surface area contributed by atoms with Gasteiger partial charge in [-0.15, -0.1) is 0 Å². The quantitative estimate of drug-likeness (QED) is 0.211. The van der Waals surface area contributed by atoms with Gasteiger partial charge in [0.1, 0.15) is 18.4 Å². The molecule has 5 rings (SSSR count). The predicted octanol–water partition coefficient (Wildman–Crippen LogP) is 4.86. The van der Waals surface area contributed by atoms with Crippen molar-refractivity contribution in [2.75, 3.05) is 44.4 Å². The summed E-state index contributed by atoms with van der Waals surface area (Å²) >= 11 is 0. The molecule has 4 aliphatic rings. The molecule has 4 heterocycles. The number of anilines is 1. The Hall–Kier alpha value is -2.96. The van der Waals surface area contributed by atoms with Crippen LogP contribution < -0.4 is 4.90 Å². The fourth-order valence-electron chi connectivity index (χ4n) is 6.58. The van der Waals surface area contributed by atoms with E-state index in [1.54, 1.807) is 9.80 Å². The van der Waals surface area contributed by atoms with Gasteiger partial charge in [-0.1, -0.05) is 19.6 Å². The molecule has 0 radical (unpaired) electrons. The highest BCUT2D eigenvalue weighted by molar-refractivity contribution is 6.76. The molecule has 1 aromatic carbocycles. The second-order valence-corrected chi connectivity index (χ2v) is 20.9. The number of amides is 4. The van der Waals surface area contributed by atoms with Crippen LogP contribution in [-0.4, -0.2) is 110 Å². The van der Waals surface area contributed by atoms with Crippen LogP contribution in [0.25, 0.3) is 0 Å². The lowest BCUT2D eigenvalue weighted by Gasteiger charge is -2.38. The lowest BCUT2D eigenvalue weighted by molar-refractivity contribution is -0.158. The summed E-state index contributed by atoms with van der Waals surface area (Å²) in [4.78, 5) is 58.7. The third-order valence-electron chi connectivity index (χ3n) is 9.28. The molecule has 4 amide bonds. The minimum Gasteiger partial charge on any atom is -0.444 e. The zero-order chi connectivity index (χ0) is 33.2. The molecule has 0 bridgehead atoms. The molecule has 1 atom stereocenters. The summed E-state index contributed by atoms with van der Waals surface area (Å²) in [5.74, 6) is -0.735. The Morgan fingerprint density at radius 3 is 2.22 bits per heavy atom. The number of rotatable bonds is 9.